The SMILES string of the molecule is CC(C)(CO)NC(=O)c1cc(F)cc(N)c1F. The molecule has 0 heterocycles. The van der Waals surface area contributed by atoms with Crippen LogP contribution >= 0.6 is 0 Å². The summed E-state index contributed by atoms with van der Waals surface area (Å²) in [5.41, 5.74) is 3.37. The Kier molecular flexibility index (Phi) is 3.67. The molecule has 0 saturated heterocycles. The van der Waals surface area contributed by atoms with E-state index < -0.39 is 34.3 Å². The van der Waals surface area contributed by atoms with Gasteiger partial charge in [-0.1, -0.05) is 0 Å². The molecule has 1 aromatic rings. The first-order valence-corrected chi connectivity index (χ1v) is 4.95. The average molecular weight is 244 g/mol. The summed E-state index contributed by atoms with van der Waals surface area (Å²) in [6.45, 7) is 2.77. The number of nitrogens with one attached hydrogen (secondary N) is 1. The lowest BCUT2D eigenvalue weighted by Crippen LogP contribution is -2.46. The Morgan fingerprint density at radius 3 is 2.59 bits per heavy atom. The lowest BCUT2D eigenvalue weighted by molar-refractivity contribution is 0.0865. The van der Waals surface area contributed by atoms with Crippen molar-refractivity contribution in [1.29, 1.82) is 0 Å². The van der Waals surface area contributed by atoms with E-state index in [2.05, 4.69) is 5.32 Å². The van der Waals surface area contributed by atoms with Crippen LogP contribution in [0.4, 0.5) is 14.5 Å². The van der Waals surface area contributed by atoms with Crippen LogP contribution in [0.25, 0.3) is 0 Å². The first-order chi connectivity index (χ1) is 7.76. The number of halogens is 2. The largest absolute Gasteiger partial charge is 0.396 e. The van der Waals surface area contributed by atoms with Gasteiger partial charge in [0.2, 0.25) is 0 Å². The molecule has 0 spiro atoms. The zero-order valence-corrected chi connectivity index (χ0v) is 9.55. The number of nitrogen functional groups attached to an aromatic ring is 1. The van der Waals surface area contributed by atoms with Crippen molar-refractivity contribution in [1.82, 2.24) is 5.32 Å². The van der Waals surface area contributed by atoms with E-state index in [1.54, 1.807) is 13.8 Å². The molecule has 4 nitrogen and oxygen atoms in total. The van der Waals surface area contributed by atoms with Crippen molar-refractivity contribution in [3.05, 3.63) is 29.3 Å². The van der Waals surface area contributed by atoms with Gasteiger partial charge in [-0.3, -0.25) is 4.79 Å². The highest BCUT2D eigenvalue weighted by Crippen LogP contribution is 2.18. The topological polar surface area (TPSA) is 75.3 Å². The van der Waals surface area contributed by atoms with E-state index in [1.807, 2.05) is 0 Å². The maximum Gasteiger partial charge on any atom is 0.254 e. The predicted octanol–water partition coefficient (Wildman–Crippen LogP) is 1.05. The zero-order chi connectivity index (χ0) is 13.2. The van der Waals surface area contributed by atoms with Gasteiger partial charge in [-0.2, -0.15) is 0 Å². The van der Waals surface area contributed by atoms with Crippen molar-refractivity contribution < 1.29 is 18.7 Å². The lowest BCUT2D eigenvalue weighted by atomic mass is 10.1. The van der Waals surface area contributed by atoms with Crippen LogP contribution in [-0.4, -0.2) is 23.2 Å². The lowest BCUT2D eigenvalue weighted by Gasteiger charge is -2.23. The van der Waals surface area contributed by atoms with Gasteiger partial charge < -0.3 is 16.2 Å². The fraction of sp³-hybridized carbons (Fsp3) is 0.364. The minimum atomic E-state index is -0.974. The molecule has 0 aromatic heterocycles. The highest BCUT2D eigenvalue weighted by Gasteiger charge is 2.23. The summed E-state index contributed by atoms with van der Waals surface area (Å²) in [6, 6.07) is 1.55. The Bertz CT molecular complexity index is 447. The maximum atomic E-state index is 13.5. The normalized spacial score (nSPS) is 11.4. The molecule has 0 atom stereocenters. The summed E-state index contributed by atoms with van der Waals surface area (Å²) >= 11 is 0. The van der Waals surface area contributed by atoms with Gasteiger partial charge in [0.05, 0.1) is 23.4 Å². The highest BCUT2D eigenvalue weighted by molar-refractivity contribution is 5.95. The molecular weight excluding hydrogens is 230 g/mol. The van der Waals surface area contributed by atoms with Crippen molar-refractivity contribution >= 4 is 11.6 Å². The van der Waals surface area contributed by atoms with Crippen LogP contribution < -0.4 is 11.1 Å². The van der Waals surface area contributed by atoms with Crippen molar-refractivity contribution in [3.63, 3.8) is 0 Å². The number of carbonyl (C=O) groups is 1. The Labute approximate surface area is 97.4 Å². The number of hydrogen-bond donors (Lipinski definition) is 3. The van der Waals surface area contributed by atoms with Crippen LogP contribution in [0.2, 0.25) is 0 Å². The molecule has 0 unspecified atom stereocenters. The Balaban J connectivity index is 3.05. The fourth-order valence-electron chi connectivity index (χ4n) is 1.19. The number of amides is 1. The molecule has 0 aliphatic heterocycles. The first-order valence-electron chi connectivity index (χ1n) is 4.95. The fourth-order valence-corrected chi connectivity index (χ4v) is 1.19. The second-order valence-corrected chi connectivity index (χ2v) is 4.35. The second kappa shape index (κ2) is 4.67. The molecule has 17 heavy (non-hydrogen) atoms. The third-order valence-electron chi connectivity index (χ3n) is 2.16. The summed E-state index contributed by atoms with van der Waals surface area (Å²) in [5, 5.41) is 11.3. The number of hydrogen-bond acceptors (Lipinski definition) is 3. The Morgan fingerprint density at radius 2 is 2.06 bits per heavy atom. The van der Waals surface area contributed by atoms with Crippen molar-refractivity contribution in [2.45, 2.75) is 19.4 Å². The molecule has 1 rings (SSSR count). The third kappa shape index (κ3) is 3.13. The van der Waals surface area contributed by atoms with E-state index in [0.717, 1.165) is 12.1 Å². The molecule has 0 saturated carbocycles. The van der Waals surface area contributed by atoms with Gasteiger partial charge in [-0.05, 0) is 26.0 Å². The summed E-state index contributed by atoms with van der Waals surface area (Å²) < 4.78 is 26.5. The molecule has 0 aliphatic carbocycles. The van der Waals surface area contributed by atoms with E-state index in [4.69, 9.17) is 10.8 Å². The van der Waals surface area contributed by atoms with Crippen LogP contribution in [0.15, 0.2) is 12.1 Å². The highest BCUT2D eigenvalue weighted by atomic mass is 19.1. The summed E-state index contributed by atoms with van der Waals surface area (Å²) in [7, 11) is 0. The molecule has 0 bridgehead atoms. The Morgan fingerprint density at radius 1 is 1.47 bits per heavy atom. The van der Waals surface area contributed by atoms with Crippen LogP contribution in [0.1, 0.15) is 24.2 Å². The molecule has 94 valence electrons. The standard InChI is InChI=1S/C11H14F2N2O2/c1-11(2,5-16)15-10(17)7-3-6(12)4-8(14)9(7)13/h3-4,16H,5,14H2,1-2H3,(H,15,17). The minimum Gasteiger partial charge on any atom is -0.396 e. The zero-order valence-electron chi connectivity index (χ0n) is 9.55. The molecule has 6 heteroatoms. The summed E-state index contributed by atoms with van der Waals surface area (Å²) in [5.74, 6) is -2.60. The van der Waals surface area contributed by atoms with Gasteiger partial charge in [-0.25, -0.2) is 8.78 Å². The molecular formula is C11H14F2N2O2. The minimum absolute atomic E-state index is 0.328. The van der Waals surface area contributed by atoms with E-state index >= 15 is 0 Å². The van der Waals surface area contributed by atoms with Gasteiger partial charge in [-0.15, -0.1) is 0 Å². The van der Waals surface area contributed by atoms with Crippen molar-refractivity contribution in [3.8, 4) is 0 Å². The number of aliphatic hydroxyl groups is 1. The second-order valence-electron chi connectivity index (χ2n) is 4.35. The smallest absolute Gasteiger partial charge is 0.254 e. The van der Waals surface area contributed by atoms with Gasteiger partial charge in [0.1, 0.15) is 5.82 Å². The first kappa shape index (κ1) is 13.4. The van der Waals surface area contributed by atoms with Crippen molar-refractivity contribution in [2.24, 2.45) is 0 Å². The van der Waals surface area contributed by atoms with E-state index in [9.17, 15) is 13.6 Å². The van der Waals surface area contributed by atoms with Crippen LogP contribution in [0.5, 0.6) is 0 Å². The van der Waals surface area contributed by atoms with Gasteiger partial charge in [0.15, 0.2) is 5.82 Å². The molecule has 0 radical (unpaired) electrons. The number of carbonyl (C=O) groups excluding carboxylic acids is 1. The number of aliphatic hydroxyl groups excluding tert-OH is 1. The third-order valence-corrected chi connectivity index (χ3v) is 2.16. The number of rotatable bonds is 3. The number of nitrogens with two attached hydrogens (primary N) is 1. The van der Waals surface area contributed by atoms with Gasteiger partial charge in [0.25, 0.3) is 5.91 Å². The Hall–Kier alpha value is -1.69. The summed E-state index contributed by atoms with van der Waals surface area (Å²) in [6.07, 6.45) is 0. The predicted molar refractivity (Wildman–Crippen MR) is 59.4 cm³/mol. The van der Waals surface area contributed by atoms with E-state index in [0.29, 0.717) is 0 Å². The number of benzene rings is 1. The van der Waals surface area contributed by atoms with Crippen LogP contribution in [0.3, 0.4) is 0 Å². The van der Waals surface area contributed by atoms with E-state index in [1.165, 1.54) is 0 Å². The van der Waals surface area contributed by atoms with E-state index in [-0.39, 0.29) is 6.61 Å². The number of anilines is 1. The molecule has 0 aliphatic rings. The average Bonchev–Trinajstić information content (AvgIpc) is 2.22. The molecule has 4 N–H and O–H groups in total. The van der Waals surface area contributed by atoms with Gasteiger partial charge >= 0.3 is 0 Å². The van der Waals surface area contributed by atoms with Crippen LogP contribution in [-0.2, 0) is 0 Å². The van der Waals surface area contributed by atoms with Crippen molar-refractivity contribution in [2.75, 3.05) is 12.3 Å². The molecule has 0 fully saturated rings. The molecule has 1 aromatic carbocycles. The summed E-state index contributed by atoms with van der Waals surface area (Å²) in [4.78, 5) is 11.7. The quantitative estimate of drug-likeness (QED) is 0.695. The maximum absolute atomic E-state index is 13.5. The molecule has 1 amide bonds. The van der Waals surface area contributed by atoms with Crippen LogP contribution in [0, 0.1) is 11.6 Å². The monoisotopic (exact) mass is 244 g/mol. The van der Waals surface area contributed by atoms with Gasteiger partial charge in [0, 0.05) is 0 Å².